The summed E-state index contributed by atoms with van der Waals surface area (Å²) < 4.78 is 0. The topological polar surface area (TPSA) is 60.9 Å². The Kier molecular flexibility index (Phi) is 3.54. The van der Waals surface area contributed by atoms with E-state index < -0.39 is 12.0 Å². The van der Waals surface area contributed by atoms with Crippen molar-refractivity contribution in [1.82, 2.24) is 9.80 Å². The fourth-order valence-electron chi connectivity index (χ4n) is 2.80. The first-order valence-corrected chi connectivity index (χ1v) is 6.41. The number of likely N-dealkylation sites (tertiary alicyclic amines) is 2. The zero-order valence-electron chi connectivity index (χ0n) is 10.3. The van der Waals surface area contributed by atoms with E-state index in [0.29, 0.717) is 13.0 Å². The van der Waals surface area contributed by atoms with Crippen molar-refractivity contribution in [3.63, 3.8) is 0 Å². The Morgan fingerprint density at radius 3 is 2.35 bits per heavy atom. The lowest BCUT2D eigenvalue weighted by molar-refractivity contribution is -0.143. The van der Waals surface area contributed by atoms with E-state index in [4.69, 9.17) is 5.11 Å². The number of hydrogen-bond donors (Lipinski definition) is 1. The molecule has 0 spiro atoms. The monoisotopic (exact) mass is 240 g/mol. The van der Waals surface area contributed by atoms with Gasteiger partial charge in [-0.25, -0.2) is 9.59 Å². The van der Waals surface area contributed by atoms with Gasteiger partial charge in [0, 0.05) is 19.1 Å². The van der Waals surface area contributed by atoms with Crippen molar-refractivity contribution in [3.8, 4) is 0 Å². The van der Waals surface area contributed by atoms with Gasteiger partial charge in [0.2, 0.25) is 0 Å². The molecule has 96 valence electrons. The molecule has 0 aromatic heterocycles. The first kappa shape index (κ1) is 12.2. The molecule has 5 nitrogen and oxygen atoms in total. The molecule has 1 N–H and O–H groups in total. The largest absolute Gasteiger partial charge is 0.480 e. The molecule has 2 rings (SSSR count). The van der Waals surface area contributed by atoms with E-state index in [1.54, 1.807) is 4.90 Å². The summed E-state index contributed by atoms with van der Waals surface area (Å²) in [4.78, 5) is 26.8. The lowest BCUT2D eigenvalue weighted by Gasteiger charge is -2.37. The van der Waals surface area contributed by atoms with Crippen molar-refractivity contribution in [2.24, 2.45) is 0 Å². The average Bonchev–Trinajstić information content (AvgIpc) is 2.74. The summed E-state index contributed by atoms with van der Waals surface area (Å²) in [5.74, 6) is -0.870. The minimum Gasteiger partial charge on any atom is -0.480 e. The highest BCUT2D eigenvalue weighted by Gasteiger charge is 2.36. The predicted octanol–water partition coefficient (Wildman–Crippen LogP) is 1.53. The van der Waals surface area contributed by atoms with E-state index in [1.165, 1.54) is 0 Å². The molecule has 0 saturated carbocycles. The second kappa shape index (κ2) is 4.94. The highest BCUT2D eigenvalue weighted by Crippen LogP contribution is 2.23. The van der Waals surface area contributed by atoms with Crippen LogP contribution in [0.25, 0.3) is 0 Å². The molecule has 2 heterocycles. The van der Waals surface area contributed by atoms with Gasteiger partial charge in [-0.3, -0.25) is 0 Å². The van der Waals surface area contributed by atoms with Gasteiger partial charge in [-0.15, -0.1) is 0 Å². The van der Waals surface area contributed by atoms with E-state index >= 15 is 0 Å². The quantitative estimate of drug-likeness (QED) is 0.756. The van der Waals surface area contributed by atoms with Gasteiger partial charge in [-0.05, 0) is 39.0 Å². The van der Waals surface area contributed by atoms with Crippen molar-refractivity contribution in [2.75, 3.05) is 13.1 Å². The minimum absolute atomic E-state index is 0.0814. The van der Waals surface area contributed by atoms with Crippen molar-refractivity contribution < 1.29 is 14.7 Å². The molecule has 2 unspecified atom stereocenters. The average molecular weight is 240 g/mol. The number of nitrogens with zero attached hydrogens (tertiary/aromatic N) is 2. The van der Waals surface area contributed by atoms with Crippen LogP contribution >= 0.6 is 0 Å². The number of aliphatic carboxylic acids is 1. The molecule has 5 heteroatoms. The maximum Gasteiger partial charge on any atom is 0.326 e. The van der Waals surface area contributed by atoms with Crippen molar-refractivity contribution >= 4 is 12.0 Å². The Morgan fingerprint density at radius 2 is 1.76 bits per heavy atom. The molecule has 2 aliphatic rings. The van der Waals surface area contributed by atoms with Gasteiger partial charge in [0.25, 0.3) is 0 Å². The van der Waals surface area contributed by atoms with Gasteiger partial charge in [0.15, 0.2) is 0 Å². The van der Waals surface area contributed by atoms with E-state index in [-0.39, 0.29) is 12.1 Å². The van der Waals surface area contributed by atoms with Gasteiger partial charge >= 0.3 is 12.0 Å². The highest BCUT2D eigenvalue weighted by molar-refractivity contribution is 5.83. The molecule has 2 atom stereocenters. The fourth-order valence-corrected chi connectivity index (χ4v) is 2.80. The molecule has 0 radical (unpaired) electrons. The fraction of sp³-hybridized carbons (Fsp3) is 0.833. The molecule has 17 heavy (non-hydrogen) atoms. The van der Waals surface area contributed by atoms with Crippen LogP contribution in [0.4, 0.5) is 4.79 Å². The van der Waals surface area contributed by atoms with Crippen LogP contribution in [-0.4, -0.2) is 52.1 Å². The van der Waals surface area contributed by atoms with Crippen LogP contribution in [0.3, 0.4) is 0 Å². The van der Waals surface area contributed by atoms with Crippen molar-refractivity contribution in [3.05, 3.63) is 0 Å². The lowest BCUT2D eigenvalue weighted by atomic mass is 10.0. The first-order chi connectivity index (χ1) is 8.11. The van der Waals surface area contributed by atoms with Crippen LogP contribution in [0.15, 0.2) is 0 Å². The van der Waals surface area contributed by atoms with Gasteiger partial charge < -0.3 is 14.9 Å². The molecule has 2 saturated heterocycles. The van der Waals surface area contributed by atoms with E-state index in [9.17, 15) is 9.59 Å². The number of carbonyl (C=O) groups is 2. The summed E-state index contributed by atoms with van der Waals surface area (Å²) in [5.41, 5.74) is 0. The number of piperidine rings is 1. The van der Waals surface area contributed by atoms with E-state index in [2.05, 4.69) is 0 Å². The summed E-state index contributed by atoms with van der Waals surface area (Å²) >= 11 is 0. The third kappa shape index (κ3) is 2.37. The summed E-state index contributed by atoms with van der Waals surface area (Å²) in [6.45, 7) is 3.38. The summed E-state index contributed by atoms with van der Waals surface area (Å²) in [7, 11) is 0. The number of hydrogen-bond acceptors (Lipinski definition) is 2. The summed E-state index contributed by atoms with van der Waals surface area (Å²) in [6, 6.07) is -0.454. The van der Waals surface area contributed by atoms with Crippen molar-refractivity contribution in [1.29, 1.82) is 0 Å². The molecule has 2 amide bonds. The molecule has 0 bridgehead atoms. The van der Waals surface area contributed by atoms with Gasteiger partial charge in [0.1, 0.15) is 6.04 Å². The number of carboxylic acid groups (broad SMARTS) is 1. The first-order valence-electron chi connectivity index (χ1n) is 6.41. The molecule has 0 aromatic carbocycles. The van der Waals surface area contributed by atoms with Gasteiger partial charge in [0.05, 0.1) is 0 Å². The van der Waals surface area contributed by atoms with E-state index in [1.807, 2.05) is 11.8 Å². The Hall–Kier alpha value is -1.26. The standard InChI is InChI=1S/C12H20N2O3/c1-9-5-4-8-13(9)12(17)14-7-3-2-6-10(14)11(15)16/h9-10H,2-8H2,1H3,(H,15,16). The SMILES string of the molecule is CC1CCCN1C(=O)N1CCCCC1C(=O)O. The molecule has 0 aromatic rings. The predicted molar refractivity (Wildman–Crippen MR) is 62.8 cm³/mol. The maximum atomic E-state index is 12.3. The number of urea groups is 1. The van der Waals surface area contributed by atoms with Crippen LogP contribution < -0.4 is 0 Å². The molecular weight excluding hydrogens is 220 g/mol. The number of amides is 2. The third-order valence-corrected chi connectivity index (χ3v) is 3.83. The normalized spacial score (nSPS) is 29.5. The number of carboxylic acids is 1. The molecule has 0 aliphatic carbocycles. The van der Waals surface area contributed by atoms with Crippen molar-refractivity contribution in [2.45, 2.75) is 51.1 Å². The second-order valence-corrected chi connectivity index (χ2v) is 5.01. The van der Waals surface area contributed by atoms with Crippen LogP contribution in [-0.2, 0) is 4.79 Å². The number of rotatable bonds is 1. The molecule has 2 fully saturated rings. The summed E-state index contributed by atoms with van der Waals surface area (Å²) in [6.07, 6.45) is 4.45. The van der Waals surface area contributed by atoms with Crippen LogP contribution in [0.1, 0.15) is 39.0 Å². The molecule has 2 aliphatic heterocycles. The molecular formula is C12H20N2O3. The van der Waals surface area contributed by atoms with Crippen LogP contribution in [0.5, 0.6) is 0 Å². The Morgan fingerprint density at radius 1 is 1.06 bits per heavy atom. The van der Waals surface area contributed by atoms with E-state index in [0.717, 1.165) is 32.2 Å². The lowest BCUT2D eigenvalue weighted by Crippen LogP contribution is -2.53. The summed E-state index contributed by atoms with van der Waals surface area (Å²) in [5, 5.41) is 9.15. The Labute approximate surface area is 101 Å². The zero-order valence-corrected chi connectivity index (χ0v) is 10.3. The Bertz CT molecular complexity index is 319. The minimum atomic E-state index is -0.870. The highest BCUT2D eigenvalue weighted by atomic mass is 16.4. The van der Waals surface area contributed by atoms with Crippen LogP contribution in [0.2, 0.25) is 0 Å². The smallest absolute Gasteiger partial charge is 0.326 e. The van der Waals surface area contributed by atoms with Gasteiger partial charge in [-0.1, -0.05) is 0 Å². The number of carbonyl (C=O) groups excluding carboxylic acids is 1. The zero-order chi connectivity index (χ0) is 12.4. The van der Waals surface area contributed by atoms with Gasteiger partial charge in [-0.2, -0.15) is 0 Å². The Balaban J connectivity index is 2.08. The maximum absolute atomic E-state index is 12.3. The third-order valence-electron chi connectivity index (χ3n) is 3.83. The van der Waals surface area contributed by atoms with Crippen LogP contribution in [0, 0.1) is 0 Å². The second-order valence-electron chi connectivity index (χ2n) is 5.01.